The number of aryl methyl sites for hydroxylation is 1. The van der Waals surface area contributed by atoms with Crippen LogP contribution in [0.2, 0.25) is 0 Å². The number of hydrogen-bond donors (Lipinski definition) is 1. The Bertz CT molecular complexity index is 1090. The van der Waals surface area contributed by atoms with E-state index in [1.165, 1.54) is 17.5 Å². The lowest BCUT2D eigenvalue weighted by Gasteiger charge is -2.14. The summed E-state index contributed by atoms with van der Waals surface area (Å²) < 4.78 is 52.3. The molecule has 3 rings (SSSR count). The molecule has 10 heteroatoms. The molecule has 2 aromatic carbocycles. The van der Waals surface area contributed by atoms with Gasteiger partial charge in [0.05, 0.1) is 10.6 Å². The number of aromatic nitrogens is 1. The van der Waals surface area contributed by atoms with E-state index in [0.29, 0.717) is 9.39 Å². The van der Waals surface area contributed by atoms with Crippen LogP contribution in [-0.4, -0.2) is 18.5 Å². The van der Waals surface area contributed by atoms with Crippen molar-refractivity contribution >= 4 is 38.3 Å². The number of aliphatic hydroxyl groups excluding tert-OH is 1. The number of thiazole rings is 1. The van der Waals surface area contributed by atoms with Crippen molar-refractivity contribution in [2.75, 3.05) is 3.82 Å². The normalized spacial score (nSPS) is 12.8. The summed E-state index contributed by atoms with van der Waals surface area (Å²) in [6, 6.07) is 9.28. The highest BCUT2D eigenvalue weighted by Gasteiger charge is 2.28. The van der Waals surface area contributed by atoms with Crippen LogP contribution in [0.3, 0.4) is 0 Å². The van der Waals surface area contributed by atoms with Gasteiger partial charge in [0.15, 0.2) is 11.6 Å². The first kappa shape index (κ1) is 19.7. The maximum Gasteiger partial charge on any atom is 0.280 e. The Kier molecular flexibility index (Phi) is 5.48. The molecule has 3 aromatic rings. The number of sulfonamides is 1. The average molecular weight is 431 g/mol. The van der Waals surface area contributed by atoms with Gasteiger partial charge in [-0.15, -0.1) is 15.2 Å². The maximum absolute atomic E-state index is 13.4. The zero-order valence-corrected chi connectivity index (χ0v) is 16.2. The summed E-state index contributed by atoms with van der Waals surface area (Å²) in [7, 11) is -4.06. The number of rotatable bonds is 5. The lowest BCUT2D eigenvalue weighted by Crippen LogP contribution is -2.22. The first-order chi connectivity index (χ1) is 12.7. The molecule has 0 aliphatic rings. The minimum Gasteiger partial charge on any atom is -0.382 e. The van der Waals surface area contributed by atoms with Gasteiger partial charge in [-0.3, -0.25) is 0 Å². The van der Waals surface area contributed by atoms with Crippen molar-refractivity contribution in [3.63, 3.8) is 0 Å². The highest BCUT2D eigenvalue weighted by atomic mass is 35.5. The summed E-state index contributed by atoms with van der Waals surface area (Å²) in [5, 5.41) is 11.6. The Morgan fingerprint density at radius 3 is 2.56 bits per heavy atom. The van der Waals surface area contributed by atoms with Crippen LogP contribution < -0.4 is 3.82 Å². The van der Waals surface area contributed by atoms with Crippen molar-refractivity contribution in [2.45, 2.75) is 17.9 Å². The van der Waals surface area contributed by atoms with E-state index in [-0.39, 0.29) is 21.3 Å². The molecule has 0 saturated carbocycles. The predicted molar refractivity (Wildman–Crippen MR) is 99.2 cm³/mol. The molecule has 0 fully saturated rings. The van der Waals surface area contributed by atoms with Crippen LogP contribution >= 0.6 is 23.1 Å². The molecule has 142 valence electrons. The van der Waals surface area contributed by atoms with Gasteiger partial charge < -0.3 is 5.11 Å². The minimum absolute atomic E-state index is 0.0258. The van der Waals surface area contributed by atoms with E-state index < -0.39 is 27.8 Å². The van der Waals surface area contributed by atoms with Crippen LogP contribution in [0, 0.1) is 18.6 Å². The Morgan fingerprint density at radius 1 is 1.19 bits per heavy atom. The number of nitrogens with zero attached hydrogens (tertiary/aromatic N) is 2. The monoisotopic (exact) mass is 430 g/mol. The van der Waals surface area contributed by atoms with Crippen LogP contribution in [0.4, 0.5) is 13.9 Å². The number of benzene rings is 2. The molecule has 1 unspecified atom stereocenters. The third kappa shape index (κ3) is 3.81. The maximum atomic E-state index is 13.4. The molecule has 0 amide bonds. The van der Waals surface area contributed by atoms with E-state index in [9.17, 15) is 22.3 Å². The van der Waals surface area contributed by atoms with Crippen molar-refractivity contribution in [1.29, 1.82) is 0 Å². The Balaban J connectivity index is 1.90. The Hall–Kier alpha value is -2.07. The summed E-state index contributed by atoms with van der Waals surface area (Å²) >= 11 is 6.91. The Labute approximate surface area is 163 Å². The SMILES string of the molecule is Cc1ccccc1S(=O)(=O)N(Cl)c1nc(C(O)c2ccc(F)c(F)c2)cs1. The second-order valence-electron chi connectivity index (χ2n) is 5.62. The molecule has 1 N–H and O–H groups in total. The third-order valence-electron chi connectivity index (χ3n) is 3.78. The molecular formula is C17H13ClF2N2O3S2. The van der Waals surface area contributed by atoms with Gasteiger partial charge in [-0.05, 0) is 36.2 Å². The smallest absolute Gasteiger partial charge is 0.280 e. The summed E-state index contributed by atoms with van der Waals surface area (Å²) in [6.07, 6.45) is -1.36. The largest absolute Gasteiger partial charge is 0.382 e. The van der Waals surface area contributed by atoms with Gasteiger partial charge in [0.25, 0.3) is 10.0 Å². The first-order valence-corrected chi connectivity index (χ1v) is 10.2. The summed E-state index contributed by atoms with van der Waals surface area (Å²) in [5.41, 5.74) is 0.655. The van der Waals surface area contributed by atoms with E-state index >= 15 is 0 Å². The molecular weight excluding hydrogens is 418 g/mol. The van der Waals surface area contributed by atoms with Gasteiger partial charge >= 0.3 is 0 Å². The highest BCUT2D eigenvalue weighted by molar-refractivity contribution is 7.94. The van der Waals surface area contributed by atoms with Gasteiger partial charge in [-0.25, -0.2) is 13.8 Å². The van der Waals surface area contributed by atoms with Crippen LogP contribution in [0.25, 0.3) is 0 Å². The van der Waals surface area contributed by atoms with Crippen LogP contribution in [-0.2, 0) is 10.0 Å². The van der Waals surface area contributed by atoms with Crippen molar-refractivity contribution in [3.8, 4) is 0 Å². The van der Waals surface area contributed by atoms with Gasteiger partial charge in [0.2, 0.25) is 5.13 Å². The zero-order chi connectivity index (χ0) is 19.8. The van der Waals surface area contributed by atoms with Gasteiger partial charge in [-0.2, -0.15) is 8.42 Å². The summed E-state index contributed by atoms with van der Waals surface area (Å²) in [6.45, 7) is 1.64. The molecule has 0 aliphatic heterocycles. The van der Waals surface area contributed by atoms with E-state index in [1.807, 2.05) is 0 Å². The van der Waals surface area contributed by atoms with Gasteiger partial charge in [-0.1, -0.05) is 24.3 Å². The average Bonchev–Trinajstić information content (AvgIpc) is 3.13. The Morgan fingerprint density at radius 2 is 1.89 bits per heavy atom. The molecule has 1 atom stereocenters. The van der Waals surface area contributed by atoms with Crippen LogP contribution in [0.1, 0.15) is 22.9 Å². The van der Waals surface area contributed by atoms with Crippen molar-refractivity contribution in [2.24, 2.45) is 0 Å². The second-order valence-corrected chi connectivity index (χ2v) is 8.75. The molecule has 0 saturated heterocycles. The fraction of sp³-hybridized carbons (Fsp3) is 0.118. The van der Waals surface area contributed by atoms with Gasteiger partial charge in [0, 0.05) is 17.2 Å². The van der Waals surface area contributed by atoms with E-state index in [1.54, 1.807) is 25.1 Å². The molecule has 27 heavy (non-hydrogen) atoms. The van der Waals surface area contributed by atoms with Gasteiger partial charge in [0.1, 0.15) is 6.10 Å². The van der Waals surface area contributed by atoms with E-state index in [0.717, 1.165) is 23.5 Å². The molecule has 1 heterocycles. The van der Waals surface area contributed by atoms with E-state index in [2.05, 4.69) is 4.98 Å². The first-order valence-electron chi connectivity index (χ1n) is 7.57. The minimum atomic E-state index is -4.06. The van der Waals surface area contributed by atoms with Crippen LogP contribution in [0.5, 0.6) is 0 Å². The number of halogens is 3. The molecule has 1 aromatic heterocycles. The van der Waals surface area contributed by atoms with Crippen molar-refractivity contribution < 1.29 is 22.3 Å². The molecule has 0 bridgehead atoms. The van der Waals surface area contributed by atoms with Crippen molar-refractivity contribution in [3.05, 3.63) is 76.3 Å². The lowest BCUT2D eigenvalue weighted by molar-refractivity contribution is 0.215. The summed E-state index contributed by atoms with van der Waals surface area (Å²) in [5.74, 6) is -2.15. The molecule has 0 radical (unpaired) electrons. The predicted octanol–water partition coefficient (Wildman–Crippen LogP) is 4.16. The van der Waals surface area contributed by atoms with Crippen LogP contribution in [0.15, 0.2) is 52.7 Å². The number of aliphatic hydroxyl groups is 1. The fourth-order valence-electron chi connectivity index (χ4n) is 2.37. The number of hydrogen-bond acceptors (Lipinski definition) is 5. The standard InChI is InChI=1S/C17H13ClF2N2O3S2/c1-10-4-2-3-5-15(10)27(24,25)22(18)17-21-14(9-26-17)16(23)11-6-7-12(19)13(20)8-11/h2-9,16,23H,1H3. The lowest BCUT2D eigenvalue weighted by atomic mass is 10.1. The summed E-state index contributed by atoms with van der Waals surface area (Å²) in [4.78, 5) is 4.05. The third-order valence-corrected chi connectivity index (χ3v) is 7.16. The quantitative estimate of drug-likeness (QED) is 0.617. The number of anilines is 1. The van der Waals surface area contributed by atoms with Crippen molar-refractivity contribution in [1.82, 2.24) is 4.98 Å². The highest BCUT2D eigenvalue weighted by Crippen LogP contribution is 2.33. The zero-order valence-electron chi connectivity index (χ0n) is 13.8. The van der Waals surface area contributed by atoms with E-state index in [4.69, 9.17) is 11.8 Å². The topological polar surface area (TPSA) is 70.5 Å². The molecule has 0 aliphatic carbocycles. The fourth-order valence-corrected chi connectivity index (χ4v) is 4.97. The molecule has 5 nitrogen and oxygen atoms in total. The second kappa shape index (κ2) is 7.51. The molecule has 0 spiro atoms.